The summed E-state index contributed by atoms with van der Waals surface area (Å²) in [5.74, 6) is 0. The van der Waals surface area contributed by atoms with Crippen LogP contribution in [0.3, 0.4) is 0 Å². The Balaban J connectivity index is 1.64. The van der Waals surface area contributed by atoms with Gasteiger partial charge in [-0.2, -0.15) is 0 Å². The van der Waals surface area contributed by atoms with Crippen LogP contribution in [0.2, 0.25) is 0 Å². The summed E-state index contributed by atoms with van der Waals surface area (Å²) in [5.41, 5.74) is 6.71. The second-order valence-electron chi connectivity index (χ2n) is 8.90. The first-order chi connectivity index (χ1) is 17.1. The van der Waals surface area contributed by atoms with Crippen molar-refractivity contribution in [1.82, 2.24) is 0 Å². The molecule has 1 N–H and O–H groups in total. The number of furan rings is 1. The Labute approximate surface area is 219 Å². The Morgan fingerprint density at radius 3 is 2.26 bits per heavy atom. The lowest BCUT2D eigenvalue weighted by Gasteiger charge is -2.29. The molecule has 1 unspecified atom stereocenters. The minimum absolute atomic E-state index is 0.785. The van der Waals surface area contributed by atoms with E-state index in [2.05, 4.69) is 68.3 Å². The van der Waals surface area contributed by atoms with E-state index in [1.54, 1.807) is 0 Å². The van der Waals surface area contributed by atoms with E-state index >= 15 is 0 Å². The molecule has 0 amide bonds. The zero-order valence-corrected chi connectivity index (χ0v) is 21.6. The van der Waals surface area contributed by atoms with Gasteiger partial charge in [0.05, 0.1) is 0 Å². The molecule has 0 spiro atoms. The third kappa shape index (κ3) is 2.91. The SMILES string of the molecule is OC1(c2ccccc2-c2ccccc2)c2cc(Br)ccc2-c2c1cc(Br)c1c2oc2ccccc21. The van der Waals surface area contributed by atoms with Crippen molar-refractivity contribution in [2.45, 2.75) is 5.60 Å². The fourth-order valence-electron chi connectivity index (χ4n) is 5.54. The summed E-state index contributed by atoms with van der Waals surface area (Å²) in [6.45, 7) is 0. The van der Waals surface area contributed by atoms with Gasteiger partial charge in [0.25, 0.3) is 0 Å². The molecule has 0 bridgehead atoms. The van der Waals surface area contributed by atoms with Gasteiger partial charge in [-0.05, 0) is 56.9 Å². The first-order valence-corrected chi connectivity index (χ1v) is 13.0. The maximum atomic E-state index is 12.8. The topological polar surface area (TPSA) is 33.4 Å². The van der Waals surface area contributed by atoms with Crippen molar-refractivity contribution >= 4 is 53.8 Å². The van der Waals surface area contributed by atoms with Crippen molar-refractivity contribution in [3.8, 4) is 22.3 Å². The molecular weight excluding hydrogens is 564 g/mol. The van der Waals surface area contributed by atoms with E-state index in [-0.39, 0.29) is 0 Å². The van der Waals surface area contributed by atoms with Crippen LogP contribution in [0.15, 0.2) is 116 Å². The fourth-order valence-corrected chi connectivity index (χ4v) is 6.53. The largest absolute Gasteiger partial charge is 0.455 e. The predicted octanol–water partition coefficient (Wildman–Crippen LogP) is 9.04. The molecule has 0 saturated carbocycles. The molecule has 35 heavy (non-hydrogen) atoms. The van der Waals surface area contributed by atoms with Crippen LogP contribution in [0.5, 0.6) is 0 Å². The fraction of sp³-hybridized carbons (Fsp3) is 0.0323. The zero-order chi connectivity index (χ0) is 23.7. The van der Waals surface area contributed by atoms with Crippen molar-refractivity contribution in [3.63, 3.8) is 0 Å². The van der Waals surface area contributed by atoms with Gasteiger partial charge in [-0.15, -0.1) is 0 Å². The highest BCUT2D eigenvalue weighted by Gasteiger charge is 2.46. The van der Waals surface area contributed by atoms with Crippen molar-refractivity contribution in [1.29, 1.82) is 0 Å². The van der Waals surface area contributed by atoms with E-state index in [1.165, 1.54) is 0 Å². The molecule has 168 valence electrons. The Bertz CT molecular complexity index is 1790. The predicted molar refractivity (Wildman–Crippen MR) is 149 cm³/mol. The third-order valence-corrected chi connectivity index (χ3v) is 8.15. The van der Waals surface area contributed by atoms with E-state index in [0.29, 0.717) is 0 Å². The summed E-state index contributed by atoms with van der Waals surface area (Å²) in [6, 6.07) is 34.6. The van der Waals surface area contributed by atoms with Crippen LogP contribution in [-0.2, 0) is 5.60 Å². The van der Waals surface area contributed by atoms with Crippen LogP contribution >= 0.6 is 31.9 Å². The number of aliphatic hydroxyl groups is 1. The molecule has 1 aliphatic rings. The molecular formula is C31H18Br2O2. The van der Waals surface area contributed by atoms with Gasteiger partial charge in [0.2, 0.25) is 0 Å². The summed E-state index contributed by atoms with van der Waals surface area (Å²) < 4.78 is 8.27. The average Bonchev–Trinajstić information content (AvgIpc) is 3.39. The summed E-state index contributed by atoms with van der Waals surface area (Å²) in [6.07, 6.45) is 0. The highest BCUT2D eigenvalue weighted by atomic mass is 79.9. The van der Waals surface area contributed by atoms with Crippen molar-refractivity contribution < 1.29 is 9.52 Å². The monoisotopic (exact) mass is 580 g/mol. The second-order valence-corrected chi connectivity index (χ2v) is 10.7. The van der Waals surface area contributed by atoms with E-state index in [4.69, 9.17) is 4.42 Å². The van der Waals surface area contributed by atoms with Gasteiger partial charge in [0.15, 0.2) is 0 Å². The van der Waals surface area contributed by atoms with Gasteiger partial charge in [-0.1, -0.05) is 94.8 Å². The average molecular weight is 582 g/mol. The molecule has 6 aromatic rings. The molecule has 1 heterocycles. The lowest BCUT2D eigenvalue weighted by atomic mass is 9.80. The summed E-state index contributed by atoms with van der Waals surface area (Å²) in [4.78, 5) is 0. The van der Waals surface area contributed by atoms with Gasteiger partial charge in [0, 0.05) is 42.0 Å². The van der Waals surface area contributed by atoms with Crippen molar-refractivity contribution in [2.75, 3.05) is 0 Å². The Hall–Kier alpha value is -3.18. The molecule has 1 aromatic heterocycles. The van der Waals surface area contributed by atoms with Crippen molar-refractivity contribution in [2.24, 2.45) is 0 Å². The zero-order valence-electron chi connectivity index (χ0n) is 18.4. The smallest absolute Gasteiger partial charge is 0.144 e. The van der Waals surface area contributed by atoms with Crippen LogP contribution in [0.1, 0.15) is 16.7 Å². The maximum Gasteiger partial charge on any atom is 0.144 e. The molecule has 0 saturated heterocycles. The maximum absolute atomic E-state index is 12.8. The minimum Gasteiger partial charge on any atom is -0.455 e. The molecule has 0 radical (unpaired) electrons. The minimum atomic E-state index is -1.36. The number of halogens is 2. The standard InChI is InChI=1S/C31H18Br2O2/c32-19-14-15-21-24(16-19)31(34,23-12-6-4-10-20(23)18-8-2-1-3-9-18)25-17-26(33)29-22-11-5-7-13-27(22)35-30(29)28(21)25/h1-17,34H. The van der Waals surface area contributed by atoms with Crippen LogP contribution in [0.4, 0.5) is 0 Å². The van der Waals surface area contributed by atoms with Crippen LogP contribution in [0, 0.1) is 0 Å². The number of hydrogen-bond acceptors (Lipinski definition) is 2. The highest BCUT2D eigenvalue weighted by Crippen LogP contribution is 2.57. The molecule has 1 aliphatic carbocycles. The van der Waals surface area contributed by atoms with Crippen LogP contribution < -0.4 is 0 Å². The Kier molecular flexibility index (Phi) is 4.62. The number of fused-ring (bicyclic) bond motifs is 7. The lowest BCUT2D eigenvalue weighted by molar-refractivity contribution is 0.131. The summed E-state index contributed by atoms with van der Waals surface area (Å²) in [7, 11) is 0. The Morgan fingerprint density at radius 1 is 0.657 bits per heavy atom. The molecule has 4 heteroatoms. The first kappa shape index (κ1) is 21.1. The molecule has 1 atom stereocenters. The van der Waals surface area contributed by atoms with E-state index in [1.807, 2.05) is 66.7 Å². The van der Waals surface area contributed by atoms with Crippen LogP contribution in [-0.4, -0.2) is 5.11 Å². The lowest BCUT2D eigenvalue weighted by Crippen LogP contribution is -2.27. The normalized spacial score (nSPS) is 16.5. The molecule has 0 fully saturated rings. The molecule has 2 nitrogen and oxygen atoms in total. The van der Waals surface area contributed by atoms with Gasteiger partial charge in [-0.25, -0.2) is 0 Å². The third-order valence-electron chi connectivity index (χ3n) is 7.03. The van der Waals surface area contributed by atoms with Crippen molar-refractivity contribution in [3.05, 3.63) is 129 Å². The molecule has 5 aromatic carbocycles. The van der Waals surface area contributed by atoms with Gasteiger partial charge < -0.3 is 9.52 Å². The Morgan fingerprint density at radius 2 is 1.40 bits per heavy atom. The van der Waals surface area contributed by atoms with E-state index in [0.717, 1.165) is 69.8 Å². The quantitative estimate of drug-likeness (QED) is 0.221. The molecule has 0 aliphatic heterocycles. The van der Waals surface area contributed by atoms with E-state index in [9.17, 15) is 5.11 Å². The highest BCUT2D eigenvalue weighted by molar-refractivity contribution is 9.11. The van der Waals surface area contributed by atoms with Gasteiger partial charge in [0.1, 0.15) is 16.8 Å². The second kappa shape index (κ2) is 7.66. The van der Waals surface area contributed by atoms with Crippen LogP contribution in [0.25, 0.3) is 44.2 Å². The molecule has 7 rings (SSSR count). The summed E-state index contributed by atoms with van der Waals surface area (Å²) >= 11 is 7.46. The number of para-hydroxylation sites is 1. The van der Waals surface area contributed by atoms with Gasteiger partial charge >= 0.3 is 0 Å². The summed E-state index contributed by atoms with van der Waals surface area (Å²) in [5, 5.41) is 14.9. The number of benzene rings is 5. The first-order valence-electron chi connectivity index (χ1n) is 11.4. The number of rotatable bonds is 2. The van der Waals surface area contributed by atoms with E-state index < -0.39 is 5.60 Å². The number of hydrogen-bond donors (Lipinski definition) is 1. The van der Waals surface area contributed by atoms with Gasteiger partial charge in [-0.3, -0.25) is 0 Å².